The highest BCUT2D eigenvalue weighted by Gasteiger charge is 2.37. The van der Waals surface area contributed by atoms with Crippen molar-refractivity contribution >= 4 is 10.0 Å². The molecule has 17 heavy (non-hydrogen) atoms. The fourth-order valence-corrected chi connectivity index (χ4v) is 4.44. The number of nitrogens with zero attached hydrogens (tertiary/aromatic N) is 2. The van der Waals surface area contributed by atoms with Gasteiger partial charge in [-0.05, 0) is 39.8 Å². The standard InChI is InChI=1S/C11H23N3O2S/c1-10-9-12-6-8-14(17(10,15)16)11-5-3-4-7-13(11)2/h10-12H,3-9H2,1-2H3. The van der Waals surface area contributed by atoms with Gasteiger partial charge >= 0.3 is 0 Å². The zero-order chi connectivity index (χ0) is 12.5. The normalized spacial score (nSPS) is 36.6. The Morgan fingerprint density at radius 1 is 1.24 bits per heavy atom. The number of hydrogen-bond donors (Lipinski definition) is 1. The molecule has 1 N–H and O–H groups in total. The average Bonchev–Trinajstić information content (AvgIpc) is 2.41. The molecule has 2 heterocycles. The molecule has 2 saturated heterocycles. The molecule has 2 atom stereocenters. The van der Waals surface area contributed by atoms with Crippen molar-refractivity contribution in [2.24, 2.45) is 0 Å². The molecular formula is C11H23N3O2S. The third-order valence-corrected chi connectivity index (χ3v) is 6.10. The predicted octanol–water partition coefficient (Wildman–Crippen LogP) is 0.0517. The fourth-order valence-electron chi connectivity index (χ4n) is 2.70. The van der Waals surface area contributed by atoms with Crippen LogP contribution in [-0.4, -0.2) is 62.3 Å². The molecule has 100 valence electrons. The van der Waals surface area contributed by atoms with Gasteiger partial charge in [0.2, 0.25) is 10.0 Å². The van der Waals surface area contributed by atoms with Gasteiger partial charge in [-0.2, -0.15) is 4.31 Å². The molecular weight excluding hydrogens is 238 g/mol. The van der Waals surface area contributed by atoms with Crippen LogP contribution in [0.5, 0.6) is 0 Å². The zero-order valence-corrected chi connectivity index (χ0v) is 11.5. The molecule has 5 nitrogen and oxygen atoms in total. The minimum absolute atomic E-state index is 0.0658. The van der Waals surface area contributed by atoms with Crippen molar-refractivity contribution in [3.63, 3.8) is 0 Å². The van der Waals surface area contributed by atoms with Crippen LogP contribution in [0.3, 0.4) is 0 Å². The molecule has 2 rings (SSSR count). The van der Waals surface area contributed by atoms with E-state index >= 15 is 0 Å². The summed E-state index contributed by atoms with van der Waals surface area (Å²) in [5.74, 6) is 0. The zero-order valence-electron chi connectivity index (χ0n) is 10.7. The molecule has 0 spiro atoms. The van der Waals surface area contributed by atoms with E-state index in [0.717, 1.165) is 25.9 Å². The number of likely N-dealkylation sites (tertiary alicyclic amines) is 1. The van der Waals surface area contributed by atoms with Crippen LogP contribution in [0.2, 0.25) is 0 Å². The minimum atomic E-state index is -3.14. The van der Waals surface area contributed by atoms with Crippen LogP contribution < -0.4 is 5.32 Å². The number of hydrogen-bond acceptors (Lipinski definition) is 4. The second-order valence-corrected chi connectivity index (χ2v) is 7.43. The Kier molecular flexibility index (Phi) is 4.07. The molecule has 0 aromatic carbocycles. The largest absolute Gasteiger partial charge is 0.314 e. The molecule has 2 aliphatic heterocycles. The monoisotopic (exact) mass is 261 g/mol. The first-order valence-electron chi connectivity index (χ1n) is 6.45. The quantitative estimate of drug-likeness (QED) is 0.725. The maximum atomic E-state index is 12.4. The molecule has 0 aromatic rings. The Hall–Kier alpha value is -0.170. The Morgan fingerprint density at radius 2 is 2.00 bits per heavy atom. The Morgan fingerprint density at radius 3 is 2.71 bits per heavy atom. The highest BCUT2D eigenvalue weighted by atomic mass is 32.2. The third kappa shape index (κ3) is 2.65. The van der Waals surface area contributed by atoms with E-state index in [4.69, 9.17) is 0 Å². The summed E-state index contributed by atoms with van der Waals surface area (Å²) in [7, 11) is -1.11. The average molecular weight is 261 g/mol. The van der Waals surface area contributed by atoms with Crippen molar-refractivity contribution < 1.29 is 8.42 Å². The maximum absolute atomic E-state index is 12.4. The van der Waals surface area contributed by atoms with Gasteiger partial charge in [0, 0.05) is 19.6 Å². The van der Waals surface area contributed by atoms with Gasteiger partial charge in [-0.3, -0.25) is 4.90 Å². The Balaban J connectivity index is 2.21. The summed E-state index contributed by atoms with van der Waals surface area (Å²) in [6, 6.07) is 0. The summed E-state index contributed by atoms with van der Waals surface area (Å²) in [4.78, 5) is 2.18. The van der Waals surface area contributed by atoms with Gasteiger partial charge in [-0.1, -0.05) is 0 Å². The Labute approximate surface area is 104 Å². The molecule has 2 aliphatic rings. The van der Waals surface area contributed by atoms with Crippen LogP contribution in [-0.2, 0) is 10.0 Å². The molecule has 0 aromatic heterocycles. The lowest BCUT2D eigenvalue weighted by molar-refractivity contribution is 0.0898. The van der Waals surface area contributed by atoms with Gasteiger partial charge in [0.15, 0.2) is 0 Å². The van der Waals surface area contributed by atoms with Crippen molar-refractivity contribution in [3.05, 3.63) is 0 Å². The first-order chi connectivity index (χ1) is 8.03. The number of nitrogens with one attached hydrogen (secondary N) is 1. The fraction of sp³-hybridized carbons (Fsp3) is 1.00. The molecule has 6 heteroatoms. The van der Waals surface area contributed by atoms with E-state index in [1.807, 2.05) is 7.05 Å². The minimum Gasteiger partial charge on any atom is -0.314 e. The summed E-state index contributed by atoms with van der Waals surface area (Å²) in [6.07, 6.45) is 3.33. The van der Waals surface area contributed by atoms with E-state index in [1.165, 1.54) is 6.42 Å². The van der Waals surface area contributed by atoms with E-state index in [0.29, 0.717) is 13.1 Å². The number of sulfonamides is 1. The van der Waals surface area contributed by atoms with Gasteiger partial charge in [0.1, 0.15) is 0 Å². The first-order valence-corrected chi connectivity index (χ1v) is 7.95. The first kappa shape index (κ1) is 13.3. The van der Waals surface area contributed by atoms with E-state index in [1.54, 1.807) is 11.2 Å². The SMILES string of the molecule is CC1CNCCN(C2CCCCN2C)S1(=O)=O. The van der Waals surface area contributed by atoms with Gasteiger partial charge in [0.05, 0.1) is 11.4 Å². The van der Waals surface area contributed by atoms with Gasteiger partial charge in [-0.15, -0.1) is 0 Å². The molecule has 0 aliphatic carbocycles. The van der Waals surface area contributed by atoms with Crippen LogP contribution in [0.4, 0.5) is 0 Å². The lowest BCUT2D eigenvalue weighted by Crippen LogP contribution is -2.53. The maximum Gasteiger partial charge on any atom is 0.219 e. The second-order valence-electron chi connectivity index (χ2n) is 5.13. The summed E-state index contributed by atoms with van der Waals surface area (Å²) < 4.78 is 26.6. The highest BCUT2D eigenvalue weighted by molar-refractivity contribution is 7.89. The lowest BCUT2D eigenvalue weighted by atomic mass is 10.1. The van der Waals surface area contributed by atoms with Crippen molar-refractivity contribution in [1.29, 1.82) is 0 Å². The highest BCUT2D eigenvalue weighted by Crippen LogP contribution is 2.23. The van der Waals surface area contributed by atoms with Crippen LogP contribution in [0.15, 0.2) is 0 Å². The van der Waals surface area contributed by atoms with E-state index in [2.05, 4.69) is 10.2 Å². The summed E-state index contributed by atoms with van der Waals surface area (Å²) in [5.41, 5.74) is 0. The predicted molar refractivity (Wildman–Crippen MR) is 68.2 cm³/mol. The number of rotatable bonds is 1. The van der Waals surface area contributed by atoms with Gasteiger partial charge < -0.3 is 5.32 Å². The molecule has 0 saturated carbocycles. The van der Waals surface area contributed by atoms with E-state index in [9.17, 15) is 8.42 Å². The number of piperidine rings is 1. The van der Waals surface area contributed by atoms with Gasteiger partial charge in [-0.25, -0.2) is 8.42 Å². The lowest BCUT2D eigenvalue weighted by Gasteiger charge is -2.39. The third-order valence-electron chi connectivity index (χ3n) is 3.84. The second kappa shape index (κ2) is 5.22. The molecule has 0 radical (unpaired) electrons. The van der Waals surface area contributed by atoms with Crippen LogP contribution in [0.1, 0.15) is 26.2 Å². The summed E-state index contributed by atoms with van der Waals surface area (Å²) >= 11 is 0. The van der Waals surface area contributed by atoms with E-state index < -0.39 is 10.0 Å². The summed E-state index contributed by atoms with van der Waals surface area (Å²) in [6.45, 7) is 4.72. The van der Waals surface area contributed by atoms with Crippen molar-refractivity contribution in [2.45, 2.75) is 37.6 Å². The molecule has 2 unspecified atom stereocenters. The molecule has 2 fully saturated rings. The summed E-state index contributed by atoms with van der Waals surface area (Å²) in [5, 5.41) is 2.88. The van der Waals surface area contributed by atoms with Crippen LogP contribution in [0.25, 0.3) is 0 Å². The smallest absolute Gasteiger partial charge is 0.219 e. The Bertz CT molecular complexity index is 358. The van der Waals surface area contributed by atoms with Crippen LogP contribution in [0, 0.1) is 0 Å². The van der Waals surface area contributed by atoms with Crippen molar-refractivity contribution in [3.8, 4) is 0 Å². The van der Waals surface area contributed by atoms with E-state index in [-0.39, 0.29) is 11.4 Å². The van der Waals surface area contributed by atoms with Crippen molar-refractivity contribution in [2.75, 3.05) is 33.2 Å². The molecule has 0 amide bonds. The van der Waals surface area contributed by atoms with Gasteiger partial charge in [0.25, 0.3) is 0 Å². The molecule has 0 bridgehead atoms. The van der Waals surface area contributed by atoms with Crippen molar-refractivity contribution in [1.82, 2.24) is 14.5 Å². The topological polar surface area (TPSA) is 52.6 Å². The van der Waals surface area contributed by atoms with Crippen LogP contribution >= 0.6 is 0 Å².